The van der Waals surface area contributed by atoms with Crippen LogP contribution in [0.25, 0.3) is 10.8 Å². The van der Waals surface area contributed by atoms with Gasteiger partial charge in [-0.1, -0.05) is 28.1 Å². The van der Waals surface area contributed by atoms with Crippen LogP contribution >= 0.6 is 15.9 Å². The van der Waals surface area contributed by atoms with E-state index in [2.05, 4.69) is 26.6 Å². The van der Waals surface area contributed by atoms with Crippen LogP contribution in [0.3, 0.4) is 0 Å². The van der Waals surface area contributed by atoms with Gasteiger partial charge in [-0.2, -0.15) is 0 Å². The van der Waals surface area contributed by atoms with E-state index in [0.717, 1.165) is 20.9 Å². The molecule has 0 aromatic heterocycles. The molecule has 2 N–H and O–H groups in total. The molecule has 94 valence electrons. The Hall–Kier alpha value is -1.55. The predicted molar refractivity (Wildman–Crippen MR) is 78.9 cm³/mol. The van der Waals surface area contributed by atoms with E-state index in [1.54, 1.807) is 0 Å². The lowest BCUT2D eigenvalue weighted by molar-refractivity contribution is 0.250. The molecule has 0 aliphatic rings. The number of anilines is 1. The van der Waals surface area contributed by atoms with Crippen LogP contribution in [0.4, 0.5) is 10.5 Å². The first-order valence-corrected chi connectivity index (χ1v) is 6.61. The number of hydrogen-bond acceptors (Lipinski definition) is 1. The number of carbonyl (C=O) groups excluding carboxylic acids is 1. The zero-order chi connectivity index (χ0) is 13.1. The number of urea groups is 1. The van der Waals surface area contributed by atoms with E-state index in [1.165, 1.54) is 0 Å². The highest BCUT2D eigenvalue weighted by Gasteiger charge is 2.04. The summed E-state index contributed by atoms with van der Waals surface area (Å²) in [5.74, 6) is 0. The van der Waals surface area contributed by atoms with Crippen molar-refractivity contribution in [3.05, 3.63) is 40.9 Å². The molecule has 0 aliphatic heterocycles. The summed E-state index contributed by atoms with van der Waals surface area (Å²) in [6, 6.07) is 11.8. The van der Waals surface area contributed by atoms with E-state index in [-0.39, 0.29) is 12.1 Å². The largest absolute Gasteiger partial charge is 0.336 e. The number of hydrogen-bond donors (Lipinski definition) is 2. The minimum atomic E-state index is -0.179. The Balaban J connectivity index is 2.20. The van der Waals surface area contributed by atoms with Gasteiger partial charge in [0, 0.05) is 16.2 Å². The molecular weight excluding hydrogens is 292 g/mol. The first-order chi connectivity index (χ1) is 8.54. The Morgan fingerprint density at radius 2 is 1.78 bits per heavy atom. The van der Waals surface area contributed by atoms with Crippen LogP contribution in [0.5, 0.6) is 0 Å². The predicted octanol–water partition coefficient (Wildman–Crippen LogP) is 4.13. The average Bonchev–Trinajstić information content (AvgIpc) is 2.28. The number of nitrogens with one attached hydrogen (secondary N) is 2. The first-order valence-electron chi connectivity index (χ1n) is 5.81. The van der Waals surface area contributed by atoms with Crippen molar-refractivity contribution in [2.24, 2.45) is 0 Å². The second kappa shape index (κ2) is 5.40. The fourth-order valence-corrected chi connectivity index (χ4v) is 2.10. The molecule has 0 saturated carbocycles. The molecule has 2 rings (SSSR count). The smallest absolute Gasteiger partial charge is 0.319 e. The van der Waals surface area contributed by atoms with Crippen LogP contribution in [0, 0.1) is 0 Å². The Morgan fingerprint density at radius 3 is 2.50 bits per heavy atom. The number of halogens is 1. The van der Waals surface area contributed by atoms with Crippen molar-refractivity contribution < 1.29 is 4.79 Å². The topological polar surface area (TPSA) is 41.1 Å². The van der Waals surface area contributed by atoms with Crippen LogP contribution in [0.15, 0.2) is 40.9 Å². The number of carbonyl (C=O) groups is 1. The van der Waals surface area contributed by atoms with Crippen LogP contribution in [-0.4, -0.2) is 12.1 Å². The normalized spacial score (nSPS) is 10.7. The van der Waals surface area contributed by atoms with Crippen LogP contribution in [-0.2, 0) is 0 Å². The van der Waals surface area contributed by atoms with Gasteiger partial charge in [0.1, 0.15) is 0 Å². The summed E-state index contributed by atoms with van der Waals surface area (Å²) in [7, 11) is 0. The summed E-state index contributed by atoms with van der Waals surface area (Å²) in [4.78, 5) is 11.6. The summed E-state index contributed by atoms with van der Waals surface area (Å²) < 4.78 is 1.05. The second-order valence-corrected chi connectivity index (χ2v) is 5.38. The van der Waals surface area contributed by atoms with E-state index < -0.39 is 0 Å². The zero-order valence-electron chi connectivity index (χ0n) is 10.3. The van der Waals surface area contributed by atoms with Gasteiger partial charge in [0.05, 0.1) is 0 Å². The lowest BCUT2D eigenvalue weighted by Gasteiger charge is -2.10. The molecule has 2 aromatic rings. The Bertz CT molecular complexity index is 581. The lowest BCUT2D eigenvalue weighted by atomic mass is 10.1. The van der Waals surface area contributed by atoms with Gasteiger partial charge in [-0.25, -0.2) is 4.79 Å². The van der Waals surface area contributed by atoms with Gasteiger partial charge in [-0.3, -0.25) is 0 Å². The van der Waals surface area contributed by atoms with Crippen molar-refractivity contribution in [3.8, 4) is 0 Å². The minimum absolute atomic E-state index is 0.126. The maximum Gasteiger partial charge on any atom is 0.319 e. The third-order valence-corrected chi connectivity index (χ3v) is 2.97. The van der Waals surface area contributed by atoms with Crippen molar-refractivity contribution >= 4 is 38.4 Å². The Morgan fingerprint density at radius 1 is 1.11 bits per heavy atom. The quantitative estimate of drug-likeness (QED) is 0.860. The molecule has 0 fully saturated rings. The maximum absolute atomic E-state index is 11.6. The SMILES string of the molecule is CC(C)NC(=O)Nc1ccc2cc(Br)ccc2c1. The van der Waals surface area contributed by atoms with E-state index in [4.69, 9.17) is 0 Å². The molecule has 2 amide bonds. The van der Waals surface area contributed by atoms with E-state index >= 15 is 0 Å². The maximum atomic E-state index is 11.6. The van der Waals surface area contributed by atoms with Crippen molar-refractivity contribution in [3.63, 3.8) is 0 Å². The standard InChI is InChI=1S/C14H15BrN2O/c1-9(2)16-14(18)17-13-6-4-10-7-12(15)5-3-11(10)8-13/h3-9H,1-2H3,(H2,16,17,18). The fourth-order valence-electron chi connectivity index (χ4n) is 1.72. The molecule has 4 heteroatoms. The van der Waals surface area contributed by atoms with Gasteiger partial charge in [0.2, 0.25) is 0 Å². The summed E-state index contributed by atoms with van der Waals surface area (Å²) in [6.07, 6.45) is 0. The van der Waals surface area contributed by atoms with Crippen molar-refractivity contribution in [2.75, 3.05) is 5.32 Å². The molecule has 0 unspecified atom stereocenters. The Labute approximate surface area is 115 Å². The number of benzene rings is 2. The highest BCUT2D eigenvalue weighted by molar-refractivity contribution is 9.10. The highest BCUT2D eigenvalue weighted by Crippen LogP contribution is 2.22. The van der Waals surface area contributed by atoms with Crippen LogP contribution < -0.4 is 10.6 Å². The molecule has 18 heavy (non-hydrogen) atoms. The molecule has 0 heterocycles. The molecule has 0 spiro atoms. The Kier molecular flexibility index (Phi) is 3.87. The van der Waals surface area contributed by atoms with Gasteiger partial charge in [0.25, 0.3) is 0 Å². The number of amides is 2. The van der Waals surface area contributed by atoms with Crippen molar-refractivity contribution in [1.29, 1.82) is 0 Å². The molecule has 0 bridgehead atoms. The molecule has 0 radical (unpaired) electrons. The molecule has 3 nitrogen and oxygen atoms in total. The third-order valence-electron chi connectivity index (χ3n) is 2.48. The van der Waals surface area contributed by atoms with Gasteiger partial charge >= 0.3 is 6.03 Å². The summed E-state index contributed by atoms with van der Waals surface area (Å²) in [6.45, 7) is 3.86. The molecule has 0 saturated heterocycles. The second-order valence-electron chi connectivity index (χ2n) is 4.46. The van der Waals surface area contributed by atoms with E-state index in [9.17, 15) is 4.79 Å². The molecule has 2 aromatic carbocycles. The van der Waals surface area contributed by atoms with Crippen LogP contribution in [0.2, 0.25) is 0 Å². The average molecular weight is 307 g/mol. The van der Waals surface area contributed by atoms with Gasteiger partial charge in [-0.15, -0.1) is 0 Å². The highest BCUT2D eigenvalue weighted by atomic mass is 79.9. The summed E-state index contributed by atoms with van der Waals surface area (Å²) in [5.41, 5.74) is 0.794. The fraction of sp³-hybridized carbons (Fsp3) is 0.214. The first kappa shape index (κ1) is 12.9. The van der Waals surface area contributed by atoms with E-state index in [0.29, 0.717) is 0 Å². The molecular formula is C14H15BrN2O. The number of rotatable bonds is 2. The minimum Gasteiger partial charge on any atom is -0.336 e. The van der Waals surface area contributed by atoms with Crippen molar-refractivity contribution in [1.82, 2.24) is 5.32 Å². The van der Waals surface area contributed by atoms with Crippen molar-refractivity contribution in [2.45, 2.75) is 19.9 Å². The van der Waals surface area contributed by atoms with Gasteiger partial charge in [-0.05, 0) is 48.9 Å². The third kappa shape index (κ3) is 3.23. The van der Waals surface area contributed by atoms with Gasteiger partial charge in [0.15, 0.2) is 0 Å². The van der Waals surface area contributed by atoms with Gasteiger partial charge < -0.3 is 10.6 Å². The summed E-state index contributed by atoms with van der Waals surface area (Å²) in [5, 5.41) is 7.84. The number of fused-ring (bicyclic) bond motifs is 1. The molecule has 0 aliphatic carbocycles. The van der Waals surface area contributed by atoms with Crippen LogP contribution in [0.1, 0.15) is 13.8 Å². The van der Waals surface area contributed by atoms with E-state index in [1.807, 2.05) is 50.2 Å². The summed E-state index contributed by atoms with van der Waals surface area (Å²) >= 11 is 3.44. The molecule has 0 atom stereocenters. The zero-order valence-corrected chi connectivity index (χ0v) is 11.9. The monoisotopic (exact) mass is 306 g/mol. The lowest BCUT2D eigenvalue weighted by Crippen LogP contribution is -2.34.